The molecule has 1 aromatic carbocycles. The minimum atomic E-state index is -0.345. The molecule has 1 atom stereocenters. The number of rotatable bonds is 2. The summed E-state index contributed by atoms with van der Waals surface area (Å²) in [5.74, 6) is -0.125. The summed E-state index contributed by atoms with van der Waals surface area (Å²) in [5.41, 5.74) is 3.22. The number of anilines is 1. The molecule has 0 bridgehead atoms. The van der Waals surface area contributed by atoms with Crippen molar-refractivity contribution in [2.45, 2.75) is 6.17 Å². The van der Waals surface area contributed by atoms with Gasteiger partial charge in [0.15, 0.2) is 0 Å². The summed E-state index contributed by atoms with van der Waals surface area (Å²) in [6, 6.07) is 7.22. The van der Waals surface area contributed by atoms with Crippen molar-refractivity contribution in [1.82, 2.24) is 10.3 Å². The number of carbonyl (C=O) groups excluding carboxylic acids is 1. The van der Waals surface area contributed by atoms with Crippen LogP contribution in [0.3, 0.4) is 0 Å². The Balaban J connectivity index is 1.66. The first-order chi connectivity index (χ1) is 10.7. The Morgan fingerprint density at radius 3 is 2.91 bits per heavy atom. The van der Waals surface area contributed by atoms with Gasteiger partial charge in [-0.2, -0.15) is 11.3 Å². The number of carbonyl (C=O) groups is 1. The summed E-state index contributed by atoms with van der Waals surface area (Å²) in [7, 11) is 0. The molecule has 0 fully saturated rings. The third-order valence-electron chi connectivity index (χ3n) is 3.39. The third-order valence-corrected chi connectivity index (χ3v) is 5.22. The Hall–Kier alpha value is -1.89. The van der Waals surface area contributed by atoms with Crippen LogP contribution in [0.1, 0.15) is 22.2 Å². The van der Waals surface area contributed by atoms with E-state index < -0.39 is 0 Å². The lowest BCUT2D eigenvalue weighted by atomic mass is 10.1. The Labute approximate surface area is 139 Å². The van der Waals surface area contributed by atoms with Crippen LogP contribution in [0.15, 0.2) is 40.4 Å². The fourth-order valence-electron chi connectivity index (χ4n) is 2.32. The van der Waals surface area contributed by atoms with Gasteiger partial charge in [-0.3, -0.25) is 4.79 Å². The van der Waals surface area contributed by atoms with Gasteiger partial charge in [0.2, 0.25) is 0 Å². The summed E-state index contributed by atoms with van der Waals surface area (Å²) in [4.78, 5) is 16.8. The average Bonchev–Trinajstić information content (AvgIpc) is 3.18. The molecule has 4 nitrogen and oxygen atoms in total. The lowest BCUT2D eigenvalue weighted by Gasteiger charge is -2.26. The summed E-state index contributed by atoms with van der Waals surface area (Å²) >= 11 is 9.21. The van der Waals surface area contributed by atoms with Crippen molar-refractivity contribution in [3.05, 3.63) is 56.7 Å². The molecule has 110 valence electrons. The zero-order valence-electron chi connectivity index (χ0n) is 11.2. The van der Waals surface area contributed by atoms with Crippen molar-refractivity contribution in [1.29, 1.82) is 0 Å². The molecule has 7 heteroatoms. The SMILES string of the molecule is O=C1N[C@H](c2csc(-c3ccsc3)n2)Nc2cc(Cl)ccc21. The van der Waals surface area contributed by atoms with Crippen LogP contribution in [0.4, 0.5) is 5.69 Å². The lowest BCUT2D eigenvalue weighted by Crippen LogP contribution is -2.38. The normalized spacial score (nSPS) is 16.8. The van der Waals surface area contributed by atoms with Gasteiger partial charge in [-0.15, -0.1) is 11.3 Å². The number of nitrogens with one attached hydrogen (secondary N) is 2. The van der Waals surface area contributed by atoms with Gasteiger partial charge in [-0.1, -0.05) is 11.6 Å². The molecule has 0 unspecified atom stereocenters. The van der Waals surface area contributed by atoms with Gasteiger partial charge in [0.1, 0.15) is 11.2 Å². The third kappa shape index (κ3) is 2.39. The smallest absolute Gasteiger partial charge is 0.255 e. The van der Waals surface area contributed by atoms with E-state index in [9.17, 15) is 4.79 Å². The molecule has 22 heavy (non-hydrogen) atoms. The second-order valence-corrected chi connectivity index (χ2v) is 6.90. The first kappa shape index (κ1) is 13.8. The second kappa shape index (κ2) is 5.39. The molecule has 0 saturated carbocycles. The number of thiophene rings is 1. The molecule has 1 aliphatic rings. The van der Waals surface area contributed by atoms with E-state index in [-0.39, 0.29) is 12.1 Å². The van der Waals surface area contributed by atoms with Gasteiger partial charge in [-0.25, -0.2) is 4.98 Å². The molecule has 0 radical (unpaired) electrons. The zero-order chi connectivity index (χ0) is 15.1. The van der Waals surface area contributed by atoms with Crippen molar-refractivity contribution < 1.29 is 4.79 Å². The van der Waals surface area contributed by atoms with Crippen molar-refractivity contribution in [2.75, 3.05) is 5.32 Å². The number of fused-ring (bicyclic) bond motifs is 1. The number of benzene rings is 1. The van der Waals surface area contributed by atoms with Gasteiger partial charge in [0, 0.05) is 21.3 Å². The van der Waals surface area contributed by atoms with Crippen LogP contribution in [-0.4, -0.2) is 10.9 Å². The van der Waals surface area contributed by atoms with E-state index in [2.05, 4.69) is 21.0 Å². The van der Waals surface area contributed by atoms with E-state index in [0.29, 0.717) is 10.6 Å². The summed E-state index contributed by atoms with van der Waals surface area (Å²) < 4.78 is 0. The van der Waals surface area contributed by atoms with Crippen molar-refractivity contribution in [3.8, 4) is 10.6 Å². The van der Waals surface area contributed by atoms with Crippen LogP contribution in [-0.2, 0) is 0 Å². The van der Waals surface area contributed by atoms with E-state index >= 15 is 0 Å². The Kier molecular flexibility index (Phi) is 3.37. The van der Waals surface area contributed by atoms with E-state index in [1.54, 1.807) is 40.9 Å². The van der Waals surface area contributed by atoms with Gasteiger partial charge in [0.25, 0.3) is 5.91 Å². The number of aromatic nitrogens is 1. The maximum atomic E-state index is 12.2. The molecule has 0 saturated heterocycles. The number of hydrogen-bond acceptors (Lipinski definition) is 5. The largest absolute Gasteiger partial charge is 0.360 e. The van der Waals surface area contributed by atoms with Gasteiger partial charge in [0.05, 0.1) is 16.9 Å². The number of hydrogen-bond donors (Lipinski definition) is 2. The molecule has 1 amide bonds. The number of nitrogens with zero attached hydrogens (tertiary/aromatic N) is 1. The maximum absolute atomic E-state index is 12.2. The molecule has 2 aromatic heterocycles. The van der Waals surface area contributed by atoms with Crippen LogP contribution >= 0.6 is 34.3 Å². The quantitative estimate of drug-likeness (QED) is 0.723. The van der Waals surface area contributed by atoms with Crippen molar-refractivity contribution in [3.63, 3.8) is 0 Å². The minimum Gasteiger partial charge on any atom is -0.360 e. The van der Waals surface area contributed by atoms with E-state index in [1.165, 1.54) is 0 Å². The second-order valence-electron chi connectivity index (χ2n) is 4.83. The van der Waals surface area contributed by atoms with Crippen LogP contribution in [0.2, 0.25) is 5.02 Å². The number of thiazole rings is 1. The van der Waals surface area contributed by atoms with Crippen LogP contribution in [0, 0.1) is 0 Å². The zero-order valence-corrected chi connectivity index (χ0v) is 13.6. The van der Waals surface area contributed by atoms with Crippen molar-refractivity contribution >= 4 is 45.9 Å². The predicted octanol–water partition coefficient (Wildman–Crippen LogP) is 4.38. The molecule has 2 N–H and O–H groups in total. The fourth-order valence-corrected chi connectivity index (χ4v) is 4.05. The number of amides is 1. The highest BCUT2D eigenvalue weighted by molar-refractivity contribution is 7.14. The first-order valence-electron chi connectivity index (χ1n) is 6.55. The molecular weight excluding hydrogens is 338 g/mol. The Morgan fingerprint density at radius 2 is 2.09 bits per heavy atom. The Morgan fingerprint density at radius 1 is 1.18 bits per heavy atom. The maximum Gasteiger partial charge on any atom is 0.255 e. The highest BCUT2D eigenvalue weighted by Crippen LogP contribution is 2.32. The van der Waals surface area contributed by atoms with E-state index in [1.807, 2.05) is 16.8 Å². The van der Waals surface area contributed by atoms with E-state index in [0.717, 1.165) is 22.0 Å². The molecule has 1 aliphatic heterocycles. The van der Waals surface area contributed by atoms with Crippen LogP contribution in [0.25, 0.3) is 10.6 Å². The topological polar surface area (TPSA) is 54.0 Å². The lowest BCUT2D eigenvalue weighted by molar-refractivity contribution is 0.0935. The molecule has 3 heterocycles. The minimum absolute atomic E-state index is 0.125. The van der Waals surface area contributed by atoms with Crippen LogP contribution < -0.4 is 10.6 Å². The molecular formula is C15H10ClN3OS2. The molecule has 0 spiro atoms. The van der Waals surface area contributed by atoms with Gasteiger partial charge < -0.3 is 10.6 Å². The first-order valence-corrected chi connectivity index (χ1v) is 8.76. The highest BCUT2D eigenvalue weighted by atomic mass is 35.5. The fraction of sp³-hybridized carbons (Fsp3) is 0.0667. The standard InChI is InChI=1S/C15H10ClN3OS2/c16-9-1-2-10-11(5-9)17-13(19-14(10)20)12-7-22-15(18-12)8-3-4-21-6-8/h1-7,13,17H,(H,19,20)/t13-/m1/s1. The van der Waals surface area contributed by atoms with Crippen molar-refractivity contribution in [2.24, 2.45) is 0 Å². The van der Waals surface area contributed by atoms with Gasteiger partial charge >= 0.3 is 0 Å². The van der Waals surface area contributed by atoms with Crippen LogP contribution in [0.5, 0.6) is 0 Å². The molecule has 0 aliphatic carbocycles. The molecule has 3 aromatic rings. The van der Waals surface area contributed by atoms with Gasteiger partial charge in [-0.05, 0) is 29.6 Å². The molecule has 4 rings (SSSR count). The average molecular weight is 348 g/mol. The van der Waals surface area contributed by atoms with E-state index in [4.69, 9.17) is 11.6 Å². The summed E-state index contributed by atoms with van der Waals surface area (Å²) in [5, 5.41) is 13.8. The predicted molar refractivity (Wildman–Crippen MR) is 90.7 cm³/mol. The highest BCUT2D eigenvalue weighted by Gasteiger charge is 2.26. The summed E-state index contributed by atoms with van der Waals surface area (Å²) in [6.07, 6.45) is -0.345. The summed E-state index contributed by atoms with van der Waals surface area (Å²) in [6.45, 7) is 0. The monoisotopic (exact) mass is 347 g/mol. The number of halogens is 1. The Bertz CT molecular complexity index is 844.